The predicted molar refractivity (Wildman–Crippen MR) is 90.8 cm³/mol. The van der Waals surface area contributed by atoms with Gasteiger partial charge in [-0.25, -0.2) is 0 Å². The van der Waals surface area contributed by atoms with Crippen LogP contribution in [0, 0.1) is 0 Å². The molecule has 110 valence electrons. The summed E-state index contributed by atoms with van der Waals surface area (Å²) in [6.45, 7) is 2.11. The van der Waals surface area contributed by atoms with E-state index in [2.05, 4.69) is 40.3 Å². The summed E-state index contributed by atoms with van der Waals surface area (Å²) in [4.78, 5) is 11.2. The van der Waals surface area contributed by atoms with Gasteiger partial charge in [-0.1, -0.05) is 46.6 Å². The van der Waals surface area contributed by atoms with E-state index < -0.39 is 5.91 Å². The summed E-state index contributed by atoms with van der Waals surface area (Å²) < 4.78 is 1.05. The number of carbonyl (C=O) groups is 1. The molecule has 21 heavy (non-hydrogen) atoms. The maximum absolute atomic E-state index is 11.2. The number of rotatable bonds is 5. The Hall–Kier alpha value is -1.52. The summed E-state index contributed by atoms with van der Waals surface area (Å²) in [5.41, 5.74) is 7.63. The minimum atomic E-state index is -0.522. The molecule has 0 radical (unpaired) electrons. The fourth-order valence-electron chi connectivity index (χ4n) is 2.12. The first-order chi connectivity index (χ1) is 10.0. The van der Waals surface area contributed by atoms with Crippen molar-refractivity contribution in [3.8, 4) is 0 Å². The highest BCUT2D eigenvalue weighted by Gasteiger charge is 2.11. The Morgan fingerprint density at radius 1 is 1.29 bits per heavy atom. The van der Waals surface area contributed by atoms with Crippen LogP contribution in [-0.4, -0.2) is 5.91 Å². The second kappa shape index (κ2) is 6.96. The first kappa shape index (κ1) is 15.9. The van der Waals surface area contributed by atoms with E-state index in [1.165, 1.54) is 5.56 Å². The Balaban J connectivity index is 2.20. The number of nitrogens with one attached hydrogen (secondary N) is 1. The van der Waals surface area contributed by atoms with E-state index in [4.69, 9.17) is 17.3 Å². The normalized spacial score (nSPS) is 12.0. The lowest BCUT2D eigenvalue weighted by atomic mass is 10.0. The summed E-state index contributed by atoms with van der Waals surface area (Å²) in [5, 5.41) is 3.78. The van der Waals surface area contributed by atoms with E-state index >= 15 is 0 Å². The molecule has 1 atom stereocenters. The molecule has 0 saturated heterocycles. The number of hydrogen-bond donors (Lipinski definition) is 2. The summed E-state index contributed by atoms with van der Waals surface area (Å²) in [6.07, 6.45) is 0.927. The van der Waals surface area contributed by atoms with E-state index in [9.17, 15) is 4.79 Å². The number of hydrogen-bond acceptors (Lipinski definition) is 2. The third-order valence-electron chi connectivity index (χ3n) is 3.26. The Morgan fingerprint density at radius 3 is 2.48 bits per heavy atom. The number of nitrogens with two attached hydrogens (primary N) is 1. The van der Waals surface area contributed by atoms with Crippen molar-refractivity contribution in [3.63, 3.8) is 0 Å². The van der Waals surface area contributed by atoms with E-state index in [0.717, 1.165) is 16.6 Å². The second-order valence-electron chi connectivity index (χ2n) is 4.72. The van der Waals surface area contributed by atoms with Gasteiger partial charge in [-0.3, -0.25) is 4.79 Å². The van der Waals surface area contributed by atoms with Crippen LogP contribution in [-0.2, 0) is 0 Å². The highest BCUT2D eigenvalue weighted by atomic mass is 79.9. The average molecular weight is 368 g/mol. The summed E-state index contributed by atoms with van der Waals surface area (Å²) >= 11 is 9.50. The van der Waals surface area contributed by atoms with Gasteiger partial charge in [0.2, 0.25) is 5.91 Å². The van der Waals surface area contributed by atoms with Gasteiger partial charge >= 0.3 is 0 Å². The molecule has 0 aliphatic heterocycles. The summed E-state index contributed by atoms with van der Waals surface area (Å²) in [6, 6.07) is 13.5. The number of amides is 1. The van der Waals surface area contributed by atoms with Gasteiger partial charge in [-0.05, 0) is 42.3 Å². The Kier molecular flexibility index (Phi) is 5.26. The molecular weight excluding hydrogens is 352 g/mol. The number of halogens is 2. The standard InChI is InChI=1S/C16H16BrClN2O/c1-2-15(10-3-5-11(17)6-4-10)20-12-7-8-13(16(19)21)14(18)9-12/h3-9,15,20H,2H2,1H3,(H2,19,21). The molecule has 2 rings (SSSR count). The highest BCUT2D eigenvalue weighted by molar-refractivity contribution is 9.10. The van der Waals surface area contributed by atoms with Crippen LogP contribution in [0.15, 0.2) is 46.9 Å². The first-order valence-corrected chi connectivity index (χ1v) is 7.79. The topological polar surface area (TPSA) is 55.1 Å². The Morgan fingerprint density at radius 2 is 1.95 bits per heavy atom. The molecule has 0 saturated carbocycles. The minimum Gasteiger partial charge on any atom is -0.378 e. The van der Waals surface area contributed by atoms with Crippen LogP contribution < -0.4 is 11.1 Å². The van der Waals surface area contributed by atoms with Crippen molar-refractivity contribution in [1.29, 1.82) is 0 Å². The zero-order valence-corrected chi connectivity index (χ0v) is 13.9. The maximum atomic E-state index is 11.2. The van der Waals surface area contributed by atoms with Crippen molar-refractivity contribution in [2.24, 2.45) is 5.73 Å². The minimum absolute atomic E-state index is 0.175. The van der Waals surface area contributed by atoms with Gasteiger partial charge in [0.05, 0.1) is 16.6 Å². The number of primary amides is 1. The lowest BCUT2D eigenvalue weighted by Gasteiger charge is -2.19. The maximum Gasteiger partial charge on any atom is 0.250 e. The van der Waals surface area contributed by atoms with Gasteiger partial charge in [0.25, 0.3) is 0 Å². The number of carbonyl (C=O) groups excluding carboxylic acids is 1. The largest absolute Gasteiger partial charge is 0.378 e. The fourth-order valence-corrected chi connectivity index (χ4v) is 2.66. The molecule has 1 unspecified atom stereocenters. The molecule has 3 nitrogen and oxygen atoms in total. The lowest BCUT2D eigenvalue weighted by molar-refractivity contribution is 0.100. The van der Waals surface area contributed by atoms with Gasteiger partial charge < -0.3 is 11.1 Å². The lowest BCUT2D eigenvalue weighted by Crippen LogP contribution is -2.13. The van der Waals surface area contributed by atoms with Gasteiger partial charge in [-0.15, -0.1) is 0 Å². The average Bonchev–Trinajstić information content (AvgIpc) is 2.45. The molecule has 3 N–H and O–H groups in total. The van der Waals surface area contributed by atoms with Gasteiger partial charge in [0, 0.05) is 10.2 Å². The van der Waals surface area contributed by atoms with Gasteiger partial charge in [0.15, 0.2) is 0 Å². The van der Waals surface area contributed by atoms with Crippen LogP contribution in [0.1, 0.15) is 35.3 Å². The van der Waals surface area contributed by atoms with Crippen LogP contribution in [0.4, 0.5) is 5.69 Å². The van der Waals surface area contributed by atoms with Crippen LogP contribution in [0.25, 0.3) is 0 Å². The van der Waals surface area contributed by atoms with E-state index in [0.29, 0.717) is 10.6 Å². The zero-order chi connectivity index (χ0) is 15.4. The quantitative estimate of drug-likeness (QED) is 0.800. The molecule has 2 aromatic carbocycles. The molecule has 5 heteroatoms. The smallest absolute Gasteiger partial charge is 0.250 e. The summed E-state index contributed by atoms with van der Waals surface area (Å²) in [7, 11) is 0. The molecule has 1 amide bonds. The highest BCUT2D eigenvalue weighted by Crippen LogP contribution is 2.27. The molecular formula is C16H16BrClN2O. The molecule has 0 heterocycles. The number of benzene rings is 2. The van der Waals surface area contributed by atoms with Gasteiger partial charge in [0.1, 0.15) is 0 Å². The predicted octanol–water partition coefficient (Wildman–Crippen LogP) is 4.76. The SMILES string of the molecule is CCC(Nc1ccc(C(N)=O)c(Cl)c1)c1ccc(Br)cc1. The Labute approximate surface area is 137 Å². The van der Waals surface area contributed by atoms with Crippen molar-refractivity contribution in [3.05, 3.63) is 63.1 Å². The molecule has 0 aromatic heterocycles. The van der Waals surface area contributed by atoms with Gasteiger partial charge in [-0.2, -0.15) is 0 Å². The third kappa shape index (κ3) is 3.99. The monoisotopic (exact) mass is 366 g/mol. The third-order valence-corrected chi connectivity index (χ3v) is 4.10. The first-order valence-electron chi connectivity index (χ1n) is 6.62. The molecule has 0 fully saturated rings. The van der Waals surface area contributed by atoms with E-state index in [-0.39, 0.29) is 6.04 Å². The van der Waals surface area contributed by atoms with E-state index in [1.807, 2.05) is 18.2 Å². The van der Waals surface area contributed by atoms with Crippen molar-refractivity contribution in [1.82, 2.24) is 0 Å². The van der Waals surface area contributed by atoms with Crippen molar-refractivity contribution in [2.45, 2.75) is 19.4 Å². The van der Waals surface area contributed by atoms with Crippen LogP contribution >= 0.6 is 27.5 Å². The number of anilines is 1. The van der Waals surface area contributed by atoms with E-state index in [1.54, 1.807) is 12.1 Å². The molecule has 2 aromatic rings. The Bertz CT molecular complexity index is 643. The molecule has 0 spiro atoms. The van der Waals surface area contributed by atoms with Crippen LogP contribution in [0.3, 0.4) is 0 Å². The van der Waals surface area contributed by atoms with Crippen molar-refractivity contribution >= 4 is 39.1 Å². The van der Waals surface area contributed by atoms with Crippen LogP contribution in [0.5, 0.6) is 0 Å². The fraction of sp³-hybridized carbons (Fsp3) is 0.188. The molecule has 0 aliphatic rings. The summed E-state index contributed by atoms with van der Waals surface area (Å²) in [5.74, 6) is -0.522. The van der Waals surface area contributed by atoms with Crippen molar-refractivity contribution in [2.75, 3.05) is 5.32 Å². The van der Waals surface area contributed by atoms with Crippen molar-refractivity contribution < 1.29 is 4.79 Å². The van der Waals surface area contributed by atoms with Crippen LogP contribution in [0.2, 0.25) is 5.02 Å². The zero-order valence-electron chi connectivity index (χ0n) is 11.6. The molecule has 0 aliphatic carbocycles. The second-order valence-corrected chi connectivity index (χ2v) is 6.04. The molecule has 0 bridgehead atoms.